The van der Waals surface area contributed by atoms with Crippen LogP contribution in [0.2, 0.25) is 5.02 Å². The highest BCUT2D eigenvalue weighted by Gasteiger charge is 2.43. The Morgan fingerprint density at radius 3 is 2.63 bits per heavy atom. The lowest BCUT2D eigenvalue weighted by Gasteiger charge is -2.36. The third-order valence-electron chi connectivity index (χ3n) is 7.16. The number of hydrogen-bond acceptors (Lipinski definition) is 5. The molecule has 3 aromatic rings. The van der Waals surface area contributed by atoms with Crippen LogP contribution in [0, 0.1) is 17.2 Å². The molecule has 0 amide bonds. The number of aromatic nitrogens is 2. The third-order valence-corrected chi connectivity index (χ3v) is 8.43. The van der Waals surface area contributed by atoms with Crippen molar-refractivity contribution in [3.63, 3.8) is 0 Å². The first-order chi connectivity index (χ1) is 16.8. The van der Waals surface area contributed by atoms with Gasteiger partial charge in [0.15, 0.2) is 11.6 Å². The number of carbonyl (C=O) groups is 1. The minimum absolute atomic E-state index is 0.0134. The van der Waals surface area contributed by atoms with Crippen LogP contribution in [0.4, 0.5) is 4.39 Å². The maximum Gasteiger partial charge on any atom is 0.310 e. The lowest BCUT2D eigenvalue weighted by molar-refractivity contribution is -0.152. The van der Waals surface area contributed by atoms with Crippen LogP contribution in [-0.2, 0) is 17.6 Å². The van der Waals surface area contributed by atoms with Crippen molar-refractivity contribution in [1.29, 1.82) is 0 Å². The third kappa shape index (κ3) is 6.01. The van der Waals surface area contributed by atoms with Gasteiger partial charge in [-0.2, -0.15) is 0 Å². The van der Waals surface area contributed by atoms with Crippen molar-refractivity contribution in [2.45, 2.75) is 64.4 Å². The van der Waals surface area contributed by atoms with Crippen molar-refractivity contribution in [2.24, 2.45) is 11.3 Å². The average molecular weight is 517 g/mol. The molecule has 1 aromatic carbocycles. The van der Waals surface area contributed by atoms with E-state index in [2.05, 4.69) is 18.8 Å². The Morgan fingerprint density at radius 2 is 1.94 bits per heavy atom. The van der Waals surface area contributed by atoms with Crippen molar-refractivity contribution in [2.75, 3.05) is 0 Å². The predicted octanol–water partition coefficient (Wildman–Crippen LogP) is 6.95. The van der Waals surface area contributed by atoms with Crippen molar-refractivity contribution < 1.29 is 19.0 Å². The van der Waals surface area contributed by atoms with Crippen molar-refractivity contribution >= 4 is 28.9 Å². The Labute approximate surface area is 214 Å². The molecule has 0 spiro atoms. The number of pyridine rings is 1. The fourth-order valence-corrected chi connectivity index (χ4v) is 5.78. The molecule has 2 heterocycles. The summed E-state index contributed by atoms with van der Waals surface area (Å²) in [6, 6.07) is 10.5. The summed E-state index contributed by atoms with van der Waals surface area (Å²) in [6.07, 6.45) is 4.69. The largest absolute Gasteiger partial charge is 0.487 e. The number of thiazole rings is 1. The summed E-state index contributed by atoms with van der Waals surface area (Å²) >= 11 is 7.52. The maximum atomic E-state index is 14.2. The first-order valence-electron chi connectivity index (χ1n) is 12.0. The topological polar surface area (TPSA) is 72.3 Å². The van der Waals surface area contributed by atoms with Crippen LogP contribution in [-0.4, -0.2) is 27.1 Å². The van der Waals surface area contributed by atoms with Gasteiger partial charge in [-0.15, -0.1) is 11.3 Å². The van der Waals surface area contributed by atoms with Gasteiger partial charge in [-0.25, -0.2) is 9.37 Å². The van der Waals surface area contributed by atoms with E-state index in [1.165, 1.54) is 6.07 Å². The van der Waals surface area contributed by atoms with Crippen molar-refractivity contribution in [3.8, 4) is 5.75 Å². The van der Waals surface area contributed by atoms with Crippen LogP contribution in [0.15, 0.2) is 48.0 Å². The molecule has 0 saturated heterocycles. The standard InChI is InChI=1S/C27H30ClFN2O3S/c1-17(18(2)25-30-13-14-35-25)15-19-5-3-6-20(31-19)16-27(26(32)33)11-9-21(10-12-27)34-23-8-4-7-22(28)24(23)29/h3-8,13-14,17-18,21H,9-12,15-16H2,1-2H3,(H,32,33). The summed E-state index contributed by atoms with van der Waals surface area (Å²) in [5.74, 6) is -0.602. The molecule has 0 bridgehead atoms. The van der Waals surface area contributed by atoms with Crippen LogP contribution in [0.25, 0.3) is 0 Å². The highest BCUT2D eigenvalue weighted by atomic mass is 35.5. The lowest BCUT2D eigenvalue weighted by Crippen LogP contribution is -2.40. The van der Waals surface area contributed by atoms with Crippen LogP contribution in [0.1, 0.15) is 61.8 Å². The van der Waals surface area contributed by atoms with Crippen LogP contribution in [0.3, 0.4) is 0 Å². The Hall–Kier alpha value is -2.51. The second-order valence-corrected chi connectivity index (χ2v) is 10.9. The van der Waals surface area contributed by atoms with E-state index in [4.69, 9.17) is 21.3 Å². The lowest BCUT2D eigenvalue weighted by atomic mass is 9.70. The van der Waals surface area contributed by atoms with E-state index in [1.54, 1.807) is 23.5 Å². The molecule has 2 atom stereocenters. The van der Waals surface area contributed by atoms with Gasteiger partial charge in [0.05, 0.1) is 21.5 Å². The second-order valence-electron chi connectivity index (χ2n) is 9.59. The number of halogens is 2. The first kappa shape index (κ1) is 25.6. The minimum atomic E-state index is -0.905. The Kier molecular flexibility index (Phi) is 8.07. The van der Waals surface area contributed by atoms with Gasteiger partial charge in [-0.05, 0) is 62.3 Å². The fraction of sp³-hybridized carbons (Fsp3) is 0.444. The van der Waals surface area contributed by atoms with E-state index in [1.807, 2.05) is 29.8 Å². The zero-order valence-corrected chi connectivity index (χ0v) is 21.5. The summed E-state index contributed by atoms with van der Waals surface area (Å²) in [5.41, 5.74) is 0.852. The Morgan fingerprint density at radius 1 is 1.23 bits per heavy atom. The summed E-state index contributed by atoms with van der Waals surface area (Å²) in [7, 11) is 0. The number of nitrogens with zero attached hydrogens (tertiary/aromatic N) is 2. The predicted molar refractivity (Wildman–Crippen MR) is 136 cm³/mol. The Balaban J connectivity index is 1.40. The van der Waals surface area contributed by atoms with E-state index >= 15 is 0 Å². The molecule has 8 heteroatoms. The summed E-state index contributed by atoms with van der Waals surface area (Å²) in [4.78, 5) is 21.6. The molecule has 4 rings (SSSR count). The monoisotopic (exact) mass is 516 g/mol. The zero-order valence-electron chi connectivity index (χ0n) is 19.9. The molecule has 2 aromatic heterocycles. The first-order valence-corrected chi connectivity index (χ1v) is 13.2. The second kappa shape index (κ2) is 11.0. The highest BCUT2D eigenvalue weighted by Crippen LogP contribution is 2.41. The van der Waals surface area contributed by atoms with E-state index in [9.17, 15) is 14.3 Å². The van der Waals surface area contributed by atoms with Crippen LogP contribution < -0.4 is 4.74 Å². The van der Waals surface area contributed by atoms with E-state index in [0.717, 1.165) is 22.8 Å². The number of benzene rings is 1. The highest BCUT2D eigenvalue weighted by molar-refractivity contribution is 7.09. The van der Waals surface area contributed by atoms with Gasteiger partial charge in [0.1, 0.15) is 0 Å². The Bertz CT molecular complexity index is 1150. The van der Waals surface area contributed by atoms with Gasteiger partial charge < -0.3 is 9.84 Å². The van der Waals surface area contributed by atoms with Gasteiger partial charge in [-0.1, -0.05) is 37.6 Å². The molecule has 0 radical (unpaired) electrons. The van der Waals surface area contributed by atoms with Crippen LogP contribution in [0.5, 0.6) is 5.75 Å². The summed E-state index contributed by atoms with van der Waals surface area (Å²) in [5, 5.41) is 13.3. The minimum Gasteiger partial charge on any atom is -0.487 e. The number of aliphatic carboxylic acids is 1. The van der Waals surface area contributed by atoms with Crippen molar-refractivity contribution in [1.82, 2.24) is 9.97 Å². The number of carboxylic acids is 1. The maximum absolute atomic E-state index is 14.2. The molecule has 5 nitrogen and oxygen atoms in total. The molecule has 35 heavy (non-hydrogen) atoms. The number of ether oxygens (including phenoxy) is 1. The smallest absolute Gasteiger partial charge is 0.310 e. The number of rotatable bonds is 9. The molecule has 2 unspecified atom stereocenters. The summed E-state index contributed by atoms with van der Waals surface area (Å²) in [6.45, 7) is 4.38. The molecule has 1 saturated carbocycles. The molecule has 0 aliphatic heterocycles. The van der Waals surface area contributed by atoms with Gasteiger partial charge in [-0.3, -0.25) is 9.78 Å². The molecular weight excluding hydrogens is 487 g/mol. The number of carboxylic acid groups (broad SMARTS) is 1. The molecule has 186 valence electrons. The molecule has 1 aliphatic rings. The van der Waals surface area contributed by atoms with Crippen LogP contribution >= 0.6 is 22.9 Å². The fourth-order valence-electron chi connectivity index (χ4n) is 4.78. The normalized spacial score (nSPS) is 21.9. The number of hydrogen-bond donors (Lipinski definition) is 1. The molecule has 1 aliphatic carbocycles. The molecular formula is C27H30ClFN2O3S. The molecule has 1 fully saturated rings. The van der Waals surface area contributed by atoms with Gasteiger partial charge in [0.25, 0.3) is 0 Å². The molecule has 1 N–H and O–H groups in total. The van der Waals surface area contributed by atoms with E-state index < -0.39 is 17.2 Å². The average Bonchev–Trinajstić information content (AvgIpc) is 3.38. The summed E-state index contributed by atoms with van der Waals surface area (Å²) < 4.78 is 20.1. The van der Waals surface area contributed by atoms with Gasteiger partial charge in [0.2, 0.25) is 0 Å². The van der Waals surface area contributed by atoms with Crippen molar-refractivity contribution in [3.05, 3.63) is 75.2 Å². The van der Waals surface area contributed by atoms with E-state index in [0.29, 0.717) is 43.9 Å². The van der Waals surface area contributed by atoms with Gasteiger partial charge >= 0.3 is 5.97 Å². The SMILES string of the molecule is CC(Cc1cccc(CC2(C(=O)O)CCC(Oc3cccc(Cl)c3F)CC2)n1)C(C)c1nccs1. The zero-order chi connectivity index (χ0) is 25.0. The van der Waals surface area contributed by atoms with Gasteiger partial charge in [0, 0.05) is 35.3 Å². The van der Waals surface area contributed by atoms with E-state index in [-0.39, 0.29) is 16.9 Å². The quantitative estimate of drug-likeness (QED) is 0.333.